The smallest absolute Gasteiger partial charge is 0.252 e. The second-order valence-corrected chi connectivity index (χ2v) is 14.8. The number of allylic oxidation sites excluding steroid dienone is 3. The van der Waals surface area contributed by atoms with Crippen molar-refractivity contribution in [3.8, 4) is 0 Å². The van der Waals surface area contributed by atoms with Crippen LogP contribution in [0.5, 0.6) is 0 Å². The van der Waals surface area contributed by atoms with E-state index in [1.54, 1.807) is 13.2 Å². The number of hydrogen-bond acceptors (Lipinski definition) is 5. The lowest BCUT2D eigenvalue weighted by molar-refractivity contribution is -0.121. The van der Waals surface area contributed by atoms with E-state index in [-0.39, 0.29) is 23.3 Å². The number of anilines is 1. The third-order valence-electron chi connectivity index (χ3n) is 10.7. The Morgan fingerprint density at radius 1 is 0.889 bits per heavy atom. The summed E-state index contributed by atoms with van der Waals surface area (Å²) in [6, 6.07) is 18.3. The molecule has 0 fully saturated rings. The van der Waals surface area contributed by atoms with Gasteiger partial charge in [0.1, 0.15) is 5.60 Å². The van der Waals surface area contributed by atoms with Crippen molar-refractivity contribution in [2.45, 2.75) is 117 Å². The predicted octanol–water partition coefficient (Wildman–Crippen LogP) is 9.96. The van der Waals surface area contributed by atoms with Gasteiger partial charge in [-0.15, -0.1) is 0 Å². The van der Waals surface area contributed by atoms with Crippen molar-refractivity contribution < 1.29 is 19.1 Å². The number of nitrogens with one attached hydrogen (secondary N) is 2. The van der Waals surface area contributed by atoms with Crippen molar-refractivity contribution in [2.24, 2.45) is 0 Å². The molecule has 0 aromatic heterocycles. The number of aldehydes is 1. The predicted molar refractivity (Wildman–Crippen MR) is 225 cm³/mol. The second-order valence-electron chi connectivity index (χ2n) is 14.8. The molecule has 0 saturated carbocycles. The number of aryl methyl sites for hydroxylation is 1. The van der Waals surface area contributed by atoms with E-state index >= 15 is 0 Å². The number of hydrogen-bond donors (Lipinski definition) is 2. The van der Waals surface area contributed by atoms with Gasteiger partial charge in [0.25, 0.3) is 5.91 Å². The van der Waals surface area contributed by atoms with E-state index in [0.717, 1.165) is 78.3 Å². The average molecular weight is 736 g/mol. The third-order valence-corrected chi connectivity index (χ3v) is 10.7. The van der Waals surface area contributed by atoms with Gasteiger partial charge in [-0.1, -0.05) is 114 Å². The van der Waals surface area contributed by atoms with E-state index in [1.165, 1.54) is 5.57 Å². The molecule has 0 saturated heterocycles. The summed E-state index contributed by atoms with van der Waals surface area (Å²) >= 11 is 0. The van der Waals surface area contributed by atoms with Gasteiger partial charge in [0, 0.05) is 62.4 Å². The number of carbonyl (C=O) groups is 3. The number of carbonyl (C=O) groups excluding carboxylic acids is 3. The highest BCUT2D eigenvalue weighted by Crippen LogP contribution is 2.54. The molecule has 3 aromatic carbocycles. The molecule has 3 aromatic rings. The van der Waals surface area contributed by atoms with Crippen molar-refractivity contribution in [2.75, 3.05) is 32.6 Å². The Balaban J connectivity index is 0.00000385. The fourth-order valence-corrected chi connectivity index (χ4v) is 7.66. The van der Waals surface area contributed by atoms with Crippen molar-refractivity contribution in [3.63, 3.8) is 0 Å². The Bertz CT molecular complexity index is 1800. The van der Waals surface area contributed by atoms with Crippen LogP contribution in [0.4, 0.5) is 5.69 Å². The molecule has 0 spiro atoms. The van der Waals surface area contributed by atoms with Crippen LogP contribution in [-0.4, -0.2) is 51.9 Å². The number of ether oxygens (including phenoxy) is 1. The van der Waals surface area contributed by atoms with Crippen LogP contribution in [0.25, 0.3) is 0 Å². The Morgan fingerprint density at radius 2 is 1.54 bits per heavy atom. The van der Waals surface area contributed by atoms with Crippen molar-refractivity contribution >= 4 is 23.8 Å². The molecule has 2 N–H and O–H groups in total. The molecular weight excluding hydrogens is 671 g/mol. The summed E-state index contributed by atoms with van der Waals surface area (Å²) in [5, 5.41) is 6.17. The Morgan fingerprint density at radius 3 is 2.17 bits per heavy atom. The molecule has 7 nitrogen and oxygen atoms in total. The first kappa shape index (κ1) is 43.9. The highest BCUT2D eigenvalue weighted by atomic mass is 16.5. The van der Waals surface area contributed by atoms with Gasteiger partial charge in [-0.25, -0.2) is 0 Å². The lowest BCUT2D eigenvalue weighted by Crippen LogP contribution is -2.43. The lowest BCUT2D eigenvalue weighted by Gasteiger charge is -2.47. The van der Waals surface area contributed by atoms with Gasteiger partial charge < -0.3 is 20.3 Å². The molecule has 0 aliphatic heterocycles. The number of nitrogens with zero attached hydrogens (tertiary/aromatic N) is 1. The van der Waals surface area contributed by atoms with Crippen molar-refractivity contribution in [3.05, 3.63) is 123 Å². The normalized spacial score (nSPS) is 16.4. The van der Waals surface area contributed by atoms with Crippen LogP contribution in [0.2, 0.25) is 0 Å². The van der Waals surface area contributed by atoms with Gasteiger partial charge in [-0.3, -0.25) is 14.4 Å². The van der Waals surface area contributed by atoms with E-state index < -0.39 is 5.60 Å². The first-order valence-electron chi connectivity index (χ1n) is 19.8. The standard InChI is InChI=1S/C45H59N3O4.C2H6/c1-10-12-19-33(11-2)32(4)47-42(50)22-16-14-13-15-17-27-46-43(51)35-20-18-21-37(36(35)30-49)45(52-9)38-25-23-31(3)28-40(38)44(5,6)41-29-34(48(7)8)24-26-39(41)45;1-2/h10,12,18-21,23-26,28-30,32H,11,13-17,22,27H2,1-9H3,(H,46,51)(H,47,50);1-2H3/b12-10-,33-19+;. The van der Waals surface area contributed by atoms with Crippen LogP contribution in [0.3, 0.4) is 0 Å². The largest absolute Gasteiger partial charge is 0.378 e. The number of unbranched alkanes of at least 4 members (excludes halogenated alkanes) is 4. The molecular formula is C47H65N3O4. The number of rotatable bonds is 17. The fourth-order valence-electron chi connectivity index (χ4n) is 7.66. The maximum Gasteiger partial charge on any atom is 0.252 e. The number of fused-ring (bicyclic) bond motifs is 2. The summed E-state index contributed by atoms with van der Waals surface area (Å²) in [4.78, 5) is 41.2. The first-order chi connectivity index (χ1) is 25.9. The molecule has 54 heavy (non-hydrogen) atoms. The maximum absolute atomic E-state index is 13.7. The van der Waals surface area contributed by atoms with E-state index in [9.17, 15) is 14.4 Å². The van der Waals surface area contributed by atoms with Crippen molar-refractivity contribution in [1.29, 1.82) is 0 Å². The summed E-state index contributed by atoms with van der Waals surface area (Å²) in [6.45, 7) is 17.2. The summed E-state index contributed by atoms with van der Waals surface area (Å²) in [6.07, 6.45) is 12.8. The van der Waals surface area contributed by atoms with Gasteiger partial charge in [-0.2, -0.15) is 0 Å². The van der Waals surface area contributed by atoms with Gasteiger partial charge in [0.05, 0.1) is 5.56 Å². The van der Waals surface area contributed by atoms with Crippen LogP contribution in [0, 0.1) is 6.92 Å². The maximum atomic E-state index is 13.7. The minimum Gasteiger partial charge on any atom is -0.378 e. The topological polar surface area (TPSA) is 87.7 Å². The lowest BCUT2D eigenvalue weighted by atomic mass is 9.60. The van der Waals surface area contributed by atoms with Crippen LogP contribution in [-0.2, 0) is 20.5 Å². The molecule has 7 heteroatoms. The highest BCUT2D eigenvalue weighted by molar-refractivity contribution is 6.02. The molecule has 0 radical (unpaired) electrons. The summed E-state index contributed by atoms with van der Waals surface area (Å²) in [5.41, 5.74) is 7.45. The third kappa shape index (κ3) is 9.59. The first-order valence-corrected chi connectivity index (χ1v) is 19.8. The van der Waals surface area contributed by atoms with Crippen LogP contribution >= 0.6 is 0 Å². The Labute approximate surface area is 325 Å². The molecule has 292 valence electrons. The molecule has 4 rings (SSSR count). The number of amides is 2. The highest BCUT2D eigenvalue weighted by Gasteiger charge is 2.50. The summed E-state index contributed by atoms with van der Waals surface area (Å²) in [7, 11) is 5.75. The van der Waals surface area contributed by atoms with Crippen molar-refractivity contribution in [1.82, 2.24) is 10.6 Å². The summed E-state index contributed by atoms with van der Waals surface area (Å²) in [5.74, 6) is -0.195. The SMILES string of the molecule is C/C=C\C=C(/CC)C(C)NC(=O)CCCCCCCNC(=O)c1cccc(C2(OC)c3ccc(C)cc3C(C)(C)c3cc(N(C)C)ccc32)c1C=O.CC. The average Bonchev–Trinajstić information content (AvgIpc) is 3.17. The van der Waals surface area contributed by atoms with Gasteiger partial charge >= 0.3 is 0 Å². The Kier molecular flexibility index (Phi) is 16.5. The van der Waals surface area contributed by atoms with Gasteiger partial charge in [0.15, 0.2) is 6.29 Å². The molecule has 0 bridgehead atoms. The molecule has 2 unspecified atom stereocenters. The van der Waals surface area contributed by atoms with E-state index in [0.29, 0.717) is 29.7 Å². The van der Waals surface area contributed by atoms with Crippen LogP contribution < -0.4 is 15.5 Å². The van der Waals surface area contributed by atoms with Crippen LogP contribution in [0.1, 0.15) is 148 Å². The monoisotopic (exact) mass is 735 g/mol. The minimum atomic E-state index is -1.11. The zero-order chi connectivity index (χ0) is 40.1. The molecule has 2 amide bonds. The Hall–Kier alpha value is -4.49. The molecule has 0 heterocycles. The van der Waals surface area contributed by atoms with E-state index in [2.05, 4.69) is 85.7 Å². The van der Waals surface area contributed by atoms with E-state index in [4.69, 9.17) is 4.74 Å². The fraction of sp³-hybridized carbons (Fsp3) is 0.468. The number of benzene rings is 3. The quantitative estimate of drug-likeness (QED) is 0.0819. The zero-order valence-electron chi connectivity index (χ0n) is 34.8. The second kappa shape index (κ2) is 20.3. The molecule has 2 atom stereocenters. The van der Waals surface area contributed by atoms with E-state index in [1.807, 2.05) is 66.1 Å². The molecule has 1 aliphatic rings. The van der Waals surface area contributed by atoms with Gasteiger partial charge in [0.2, 0.25) is 5.91 Å². The zero-order valence-corrected chi connectivity index (χ0v) is 34.8. The van der Waals surface area contributed by atoms with Gasteiger partial charge in [-0.05, 0) is 86.1 Å². The minimum absolute atomic E-state index is 0.0276. The summed E-state index contributed by atoms with van der Waals surface area (Å²) < 4.78 is 6.60. The molecule has 1 aliphatic carbocycles. The number of methoxy groups -OCH3 is 1. The van der Waals surface area contributed by atoms with Crippen LogP contribution in [0.15, 0.2) is 78.4 Å².